The van der Waals surface area contributed by atoms with Crippen LogP contribution < -0.4 is 0 Å². The van der Waals surface area contributed by atoms with Gasteiger partial charge in [-0.25, -0.2) is 0 Å². The molecule has 6 heteroatoms. The van der Waals surface area contributed by atoms with Crippen LogP contribution in [0.1, 0.15) is 43.0 Å². The molecule has 2 heterocycles. The highest BCUT2D eigenvalue weighted by Gasteiger charge is 2.25. The molecule has 0 aliphatic heterocycles. The van der Waals surface area contributed by atoms with E-state index in [1.807, 2.05) is 6.92 Å². The van der Waals surface area contributed by atoms with Crippen molar-refractivity contribution < 1.29 is 0 Å². The molecule has 90 valence electrons. The largest absolute Gasteiger partial charge is 0.255 e. The van der Waals surface area contributed by atoms with Crippen molar-refractivity contribution >= 4 is 29.0 Å². The van der Waals surface area contributed by atoms with Crippen LogP contribution in [0.25, 0.3) is 5.78 Å². The van der Waals surface area contributed by atoms with Crippen molar-refractivity contribution in [3.63, 3.8) is 0 Å². The number of fused-ring (bicyclic) bond motifs is 1. The van der Waals surface area contributed by atoms with E-state index < -0.39 is 0 Å². The number of rotatable bonds is 1. The summed E-state index contributed by atoms with van der Waals surface area (Å²) in [7, 11) is 0. The van der Waals surface area contributed by atoms with Gasteiger partial charge in [0.1, 0.15) is 16.1 Å². The monoisotopic (exact) mass is 270 g/mol. The number of aromatic nitrogens is 4. The molecule has 0 radical (unpaired) electrons. The van der Waals surface area contributed by atoms with Crippen molar-refractivity contribution in [1.29, 1.82) is 0 Å². The summed E-state index contributed by atoms with van der Waals surface area (Å²) in [5.41, 5.74) is 0.934. The van der Waals surface area contributed by atoms with Crippen molar-refractivity contribution in [3.05, 3.63) is 21.7 Å². The molecule has 0 aromatic carbocycles. The first kappa shape index (κ1) is 11.2. The highest BCUT2D eigenvalue weighted by Crippen LogP contribution is 2.40. The molecule has 3 rings (SSSR count). The molecule has 1 aliphatic rings. The Bertz CT molecular complexity index is 572. The van der Waals surface area contributed by atoms with E-state index in [9.17, 15) is 0 Å². The van der Waals surface area contributed by atoms with Crippen molar-refractivity contribution in [3.8, 4) is 0 Å². The van der Waals surface area contributed by atoms with Gasteiger partial charge in [-0.1, -0.05) is 36.0 Å². The van der Waals surface area contributed by atoms with Crippen LogP contribution in [0.5, 0.6) is 0 Å². The van der Waals surface area contributed by atoms with E-state index in [1.54, 1.807) is 4.52 Å². The highest BCUT2D eigenvalue weighted by molar-refractivity contribution is 6.35. The van der Waals surface area contributed by atoms with Crippen molar-refractivity contribution in [2.24, 2.45) is 0 Å². The second kappa shape index (κ2) is 4.10. The number of aryl methyl sites for hydroxylation is 1. The SMILES string of the molecule is Cc1nc2nc(Cl)c(C3CCCC3)c(Cl)n2n1. The van der Waals surface area contributed by atoms with E-state index in [-0.39, 0.29) is 0 Å². The Kier molecular flexibility index (Phi) is 2.71. The number of halogens is 2. The van der Waals surface area contributed by atoms with E-state index in [0.29, 0.717) is 27.8 Å². The normalized spacial score (nSPS) is 17.1. The van der Waals surface area contributed by atoms with Crippen LogP contribution in [-0.2, 0) is 0 Å². The van der Waals surface area contributed by atoms with Gasteiger partial charge in [0.25, 0.3) is 5.78 Å². The number of nitrogens with zero attached hydrogens (tertiary/aromatic N) is 4. The Morgan fingerprint density at radius 2 is 1.88 bits per heavy atom. The van der Waals surface area contributed by atoms with Gasteiger partial charge in [-0.3, -0.25) is 0 Å². The van der Waals surface area contributed by atoms with Crippen molar-refractivity contribution in [2.75, 3.05) is 0 Å². The lowest BCUT2D eigenvalue weighted by Gasteiger charge is -2.13. The van der Waals surface area contributed by atoms with Crippen LogP contribution in [0.3, 0.4) is 0 Å². The predicted octanol–water partition coefficient (Wildman–Crippen LogP) is 3.40. The third-order valence-electron chi connectivity index (χ3n) is 3.29. The van der Waals surface area contributed by atoms with Crippen LogP contribution in [0.2, 0.25) is 10.3 Å². The van der Waals surface area contributed by atoms with Gasteiger partial charge in [0, 0.05) is 5.56 Å². The molecular formula is C11H12Cl2N4. The lowest BCUT2D eigenvalue weighted by molar-refractivity contribution is 0.707. The van der Waals surface area contributed by atoms with E-state index in [2.05, 4.69) is 15.1 Å². The Morgan fingerprint density at radius 1 is 1.18 bits per heavy atom. The molecule has 0 bridgehead atoms. The van der Waals surface area contributed by atoms with Crippen LogP contribution in [0, 0.1) is 6.92 Å². The Morgan fingerprint density at radius 3 is 2.59 bits per heavy atom. The lowest BCUT2D eigenvalue weighted by atomic mass is 10.0. The summed E-state index contributed by atoms with van der Waals surface area (Å²) in [5, 5.41) is 5.27. The zero-order valence-corrected chi connectivity index (χ0v) is 11.0. The molecule has 0 N–H and O–H groups in total. The van der Waals surface area contributed by atoms with Gasteiger partial charge in [0.15, 0.2) is 0 Å². The first-order chi connectivity index (χ1) is 8.16. The average Bonchev–Trinajstić information content (AvgIpc) is 2.87. The fraction of sp³-hybridized carbons (Fsp3) is 0.545. The Balaban J connectivity index is 2.22. The summed E-state index contributed by atoms with van der Waals surface area (Å²) in [6.07, 6.45) is 4.71. The van der Waals surface area contributed by atoms with Gasteiger partial charge in [-0.2, -0.15) is 14.5 Å². The van der Waals surface area contributed by atoms with Gasteiger partial charge < -0.3 is 0 Å². The molecule has 0 amide bonds. The highest BCUT2D eigenvalue weighted by atomic mass is 35.5. The maximum atomic E-state index is 6.38. The second-order valence-electron chi connectivity index (χ2n) is 4.46. The predicted molar refractivity (Wildman–Crippen MR) is 66.7 cm³/mol. The van der Waals surface area contributed by atoms with Gasteiger partial charge in [0.2, 0.25) is 0 Å². The molecule has 0 unspecified atom stereocenters. The van der Waals surface area contributed by atoms with Crippen LogP contribution in [0.4, 0.5) is 0 Å². The van der Waals surface area contributed by atoms with E-state index in [4.69, 9.17) is 23.2 Å². The lowest BCUT2D eigenvalue weighted by Crippen LogP contribution is -2.03. The topological polar surface area (TPSA) is 43.1 Å². The maximum absolute atomic E-state index is 6.38. The number of hydrogen-bond acceptors (Lipinski definition) is 3. The molecule has 1 saturated carbocycles. The molecule has 2 aromatic rings. The van der Waals surface area contributed by atoms with Gasteiger partial charge in [-0.15, -0.1) is 5.10 Å². The molecule has 0 atom stereocenters. The van der Waals surface area contributed by atoms with Crippen molar-refractivity contribution in [1.82, 2.24) is 19.6 Å². The summed E-state index contributed by atoms with van der Waals surface area (Å²) in [6.45, 7) is 1.81. The van der Waals surface area contributed by atoms with Gasteiger partial charge >= 0.3 is 0 Å². The molecule has 2 aromatic heterocycles. The van der Waals surface area contributed by atoms with Crippen LogP contribution in [-0.4, -0.2) is 19.6 Å². The Hall–Kier alpha value is -0.870. The van der Waals surface area contributed by atoms with E-state index in [0.717, 1.165) is 18.4 Å². The zero-order chi connectivity index (χ0) is 12.0. The quantitative estimate of drug-likeness (QED) is 0.746. The van der Waals surface area contributed by atoms with Crippen molar-refractivity contribution in [2.45, 2.75) is 38.5 Å². The molecular weight excluding hydrogens is 259 g/mol. The summed E-state index contributed by atoms with van der Waals surface area (Å²) in [5.74, 6) is 1.54. The smallest absolute Gasteiger partial charge is 0.199 e. The summed E-state index contributed by atoms with van der Waals surface area (Å²) >= 11 is 12.6. The van der Waals surface area contributed by atoms with Crippen LogP contribution in [0.15, 0.2) is 0 Å². The minimum absolute atomic E-state index is 0.413. The maximum Gasteiger partial charge on any atom is 0.255 e. The molecule has 4 nitrogen and oxygen atoms in total. The first-order valence-corrected chi connectivity index (χ1v) is 6.50. The minimum atomic E-state index is 0.413. The van der Waals surface area contributed by atoms with E-state index >= 15 is 0 Å². The third kappa shape index (κ3) is 1.79. The second-order valence-corrected chi connectivity index (χ2v) is 5.18. The molecule has 0 saturated heterocycles. The number of hydrogen-bond donors (Lipinski definition) is 0. The summed E-state index contributed by atoms with van der Waals surface area (Å²) in [4.78, 5) is 8.45. The minimum Gasteiger partial charge on any atom is -0.199 e. The fourth-order valence-electron chi connectivity index (χ4n) is 2.51. The molecule has 1 aliphatic carbocycles. The zero-order valence-electron chi connectivity index (χ0n) is 9.45. The Labute approximate surface area is 109 Å². The standard InChI is InChI=1S/C11H12Cl2N4/c1-6-14-11-15-9(12)8(7-4-2-3-5-7)10(13)17(11)16-6/h7H,2-5H2,1H3. The average molecular weight is 271 g/mol. The summed E-state index contributed by atoms with van der Waals surface area (Å²) < 4.78 is 1.58. The van der Waals surface area contributed by atoms with Gasteiger partial charge in [0.05, 0.1) is 0 Å². The fourth-order valence-corrected chi connectivity index (χ4v) is 3.23. The van der Waals surface area contributed by atoms with Crippen LogP contribution >= 0.6 is 23.2 Å². The third-order valence-corrected chi connectivity index (χ3v) is 3.94. The molecule has 1 fully saturated rings. The molecule has 17 heavy (non-hydrogen) atoms. The molecule has 0 spiro atoms. The van der Waals surface area contributed by atoms with E-state index in [1.165, 1.54) is 12.8 Å². The summed E-state index contributed by atoms with van der Waals surface area (Å²) in [6, 6.07) is 0. The van der Waals surface area contributed by atoms with Gasteiger partial charge in [-0.05, 0) is 25.7 Å². The first-order valence-electron chi connectivity index (χ1n) is 5.75.